The highest BCUT2D eigenvalue weighted by molar-refractivity contribution is 7.89. The van der Waals surface area contributed by atoms with Gasteiger partial charge < -0.3 is 19.6 Å². The summed E-state index contributed by atoms with van der Waals surface area (Å²) in [6.07, 6.45) is 7.34. The minimum Gasteiger partial charge on any atom is -0.477 e. The van der Waals surface area contributed by atoms with Gasteiger partial charge in [-0.15, -0.1) is 11.3 Å². The van der Waals surface area contributed by atoms with Crippen LogP contribution in [0.5, 0.6) is 0 Å². The molecule has 12 heteroatoms. The molecule has 2 unspecified atom stereocenters. The van der Waals surface area contributed by atoms with Gasteiger partial charge in [-0.3, -0.25) is 4.79 Å². The smallest absolute Gasteiger partial charge is 0.348 e. The number of carboxylic acids is 1. The number of anilines is 2. The Labute approximate surface area is 261 Å². The first-order chi connectivity index (χ1) is 21.2. The molecule has 2 bridgehead atoms. The van der Waals surface area contributed by atoms with Crippen molar-refractivity contribution >= 4 is 44.7 Å². The molecular weight excluding hydrogens is 601 g/mol. The van der Waals surface area contributed by atoms with Gasteiger partial charge in [0.2, 0.25) is 15.9 Å². The number of nitrogens with zero attached hydrogens (tertiary/aromatic N) is 4. The molecule has 2 aromatic heterocycles. The number of carbonyl (C=O) groups excluding carboxylic acids is 1. The lowest BCUT2D eigenvalue weighted by Crippen LogP contribution is -2.60. The van der Waals surface area contributed by atoms with Crippen molar-refractivity contribution in [1.29, 1.82) is 0 Å². The quantitative estimate of drug-likeness (QED) is 0.394. The number of carboxylic acid groups (broad SMARTS) is 1. The molecule has 1 amide bonds. The third-order valence-corrected chi connectivity index (χ3v) is 12.5. The van der Waals surface area contributed by atoms with Crippen LogP contribution in [0.25, 0.3) is 10.4 Å². The van der Waals surface area contributed by atoms with Crippen molar-refractivity contribution in [3.63, 3.8) is 0 Å². The van der Waals surface area contributed by atoms with E-state index in [4.69, 9.17) is 4.74 Å². The fourth-order valence-corrected chi connectivity index (χ4v) is 9.59. The molecule has 44 heavy (non-hydrogen) atoms. The Kier molecular flexibility index (Phi) is 7.72. The number of hydrogen-bond donors (Lipinski definition) is 1. The second kappa shape index (κ2) is 11.6. The van der Waals surface area contributed by atoms with Crippen molar-refractivity contribution in [2.75, 3.05) is 36.0 Å². The number of piperazine rings is 1. The average Bonchev–Trinajstić information content (AvgIpc) is 3.78. The normalized spacial score (nSPS) is 24.8. The van der Waals surface area contributed by atoms with Crippen LogP contribution < -0.4 is 9.80 Å². The van der Waals surface area contributed by atoms with E-state index in [-0.39, 0.29) is 40.9 Å². The van der Waals surface area contributed by atoms with Crippen LogP contribution in [0.15, 0.2) is 53.6 Å². The van der Waals surface area contributed by atoms with Crippen LogP contribution in [0.1, 0.15) is 53.8 Å². The molecule has 232 valence electrons. The van der Waals surface area contributed by atoms with Crippen molar-refractivity contribution < 1.29 is 27.9 Å². The molecule has 3 saturated heterocycles. The van der Waals surface area contributed by atoms with Gasteiger partial charge in [0, 0.05) is 24.2 Å². The Hall–Kier alpha value is -3.32. The van der Waals surface area contributed by atoms with E-state index in [9.17, 15) is 23.1 Å². The average molecular weight is 637 g/mol. The van der Waals surface area contributed by atoms with E-state index in [0.29, 0.717) is 12.3 Å². The molecule has 4 fully saturated rings. The molecule has 3 atom stereocenters. The van der Waals surface area contributed by atoms with Gasteiger partial charge >= 0.3 is 5.97 Å². The number of morpholine rings is 1. The first-order valence-electron chi connectivity index (χ1n) is 15.3. The second-order valence-electron chi connectivity index (χ2n) is 12.4. The SMILES string of the molecule is Cc1ccc(-c2cc(N3C(=O)CN(S(=O)(=O)c4ccc(N5CC6CC5CO6)nc4)C[C@H]3C3CCCCC3)c(C(=O)O)s2)cc1. The van der Waals surface area contributed by atoms with Crippen molar-refractivity contribution in [2.24, 2.45) is 5.92 Å². The second-order valence-corrected chi connectivity index (χ2v) is 15.4. The highest BCUT2D eigenvalue weighted by Crippen LogP contribution is 2.42. The fourth-order valence-electron chi connectivity index (χ4n) is 7.24. The summed E-state index contributed by atoms with van der Waals surface area (Å²) in [4.78, 5) is 35.6. The van der Waals surface area contributed by atoms with Crippen LogP contribution in [0.4, 0.5) is 11.5 Å². The maximum atomic E-state index is 14.0. The summed E-state index contributed by atoms with van der Waals surface area (Å²) in [5.41, 5.74) is 2.32. The summed E-state index contributed by atoms with van der Waals surface area (Å²) >= 11 is 1.14. The molecule has 3 aromatic rings. The number of aryl methyl sites for hydroxylation is 1. The molecule has 7 rings (SSSR count). The number of thiophene rings is 1. The lowest BCUT2D eigenvalue weighted by molar-refractivity contribution is -0.121. The molecule has 3 aliphatic heterocycles. The number of benzene rings is 1. The summed E-state index contributed by atoms with van der Waals surface area (Å²) in [6.45, 7) is 3.12. The zero-order chi connectivity index (χ0) is 30.6. The maximum Gasteiger partial charge on any atom is 0.348 e. The number of aromatic nitrogens is 1. The number of rotatable bonds is 7. The van der Waals surface area contributed by atoms with Gasteiger partial charge in [0.15, 0.2) is 0 Å². The predicted octanol–water partition coefficient (Wildman–Crippen LogP) is 4.78. The molecule has 1 aliphatic carbocycles. The van der Waals surface area contributed by atoms with Gasteiger partial charge in [-0.05, 0) is 55.9 Å². The number of ether oxygens (including phenoxy) is 1. The monoisotopic (exact) mass is 636 g/mol. The first-order valence-corrected chi connectivity index (χ1v) is 17.6. The minimum absolute atomic E-state index is 0.0499. The van der Waals surface area contributed by atoms with Gasteiger partial charge in [-0.1, -0.05) is 49.1 Å². The van der Waals surface area contributed by atoms with Crippen molar-refractivity contribution in [3.05, 3.63) is 59.1 Å². The van der Waals surface area contributed by atoms with E-state index in [1.807, 2.05) is 31.2 Å². The van der Waals surface area contributed by atoms with E-state index >= 15 is 0 Å². The van der Waals surface area contributed by atoms with E-state index in [2.05, 4.69) is 9.88 Å². The lowest BCUT2D eigenvalue weighted by Gasteiger charge is -2.44. The molecular formula is C32H36N4O6S2. The Bertz CT molecular complexity index is 1670. The van der Waals surface area contributed by atoms with Gasteiger partial charge in [0.05, 0.1) is 37.0 Å². The van der Waals surface area contributed by atoms with Crippen molar-refractivity contribution in [1.82, 2.24) is 9.29 Å². The highest BCUT2D eigenvalue weighted by Gasteiger charge is 2.45. The number of carbonyl (C=O) groups is 2. The van der Waals surface area contributed by atoms with Gasteiger partial charge in [0.25, 0.3) is 0 Å². The van der Waals surface area contributed by atoms with E-state index in [1.54, 1.807) is 23.1 Å². The number of amides is 1. The minimum atomic E-state index is -4.02. The molecule has 1 N–H and O–H groups in total. The summed E-state index contributed by atoms with van der Waals surface area (Å²) in [5.74, 6) is -0.728. The number of fused-ring (bicyclic) bond motifs is 2. The zero-order valence-electron chi connectivity index (χ0n) is 24.6. The molecule has 5 heterocycles. The van der Waals surface area contributed by atoms with Crippen LogP contribution in [0.3, 0.4) is 0 Å². The molecule has 0 radical (unpaired) electrons. The maximum absolute atomic E-state index is 14.0. The number of pyridine rings is 1. The van der Waals surface area contributed by atoms with Crippen LogP contribution in [0.2, 0.25) is 0 Å². The van der Waals surface area contributed by atoms with Crippen LogP contribution in [-0.4, -0.2) is 79.1 Å². The van der Waals surface area contributed by atoms with Crippen LogP contribution in [0, 0.1) is 12.8 Å². The summed E-state index contributed by atoms with van der Waals surface area (Å²) in [6, 6.07) is 12.7. The number of aromatic carboxylic acids is 1. The van der Waals surface area contributed by atoms with Crippen LogP contribution >= 0.6 is 11.3 Å². The Balaban J connectivity index is 1.20. The molecule has 10 nitrogen and oxygen atoms in total. The van der Waals surface area contributed by atoms with Gasteiger partial charge in [0.1, 0.15) is 15.6 Å². The predicted molar refractivity (Wildman–Crippen MR) is 168 cm³/mol. The van der Waals surface area contributed by atoms with Crippen molar-refractivity contribution in [3.8, 4) is 10.4 Å². The Morgan fingerprint density at radius 2 is 1.84 bits per heavy atom. The third-order valence-electron chi connectivity index (χ3n) is 9.55. The van der Waals surface area contributed by atoms with E-state index < -0.39 is 27.9 Å². The van der Waals surface area contributed by atoms with Gasteiger partial charge in [-0.25, -0.2) is 18.2 Å². The molecule has 1 aromatic carbocycles. The molecule has 0 spiro atoms. The summed E-state index contributed by atoms with van der Waals surface area (Å²) in [5, 5.41) is 10.2. The first kappa shape index (κ1) is 29.4. The standard InChI is InChI=1S/C32H36N4O6S2/c1-20-7-9-22(10-8-20)28-14-26(31(43-28)32(38)39)36-27(21-5-3-2-4-6-21)17-34(18-30(36)37)44(40,41)25-11-12-29(33-15-25)35-16-24-13-23(35)19-42-24/h7-12,14-15,21,23-24,27H,2-6,13,16-19H2,1H3,(H,38,39)/t23?,24?,27-/m0/s1. The Morgan fingerprint density at radius 3 is 2.48 bits per heavy atom. The zero-order valence-corrected chi connectivity index (χ0v) is 26.2. The number of hydrogen-bond acceptors (Lipinski definition) is 8. The lowest BCUT2D eigenvalue weighted by atomic mass is 9.82. The van der Waals surface area contributed by atoms with Crippen LogP contribution in [-0.2, 0) is 19.6 Å². The molecule has 1 saturated carbocycles. The highest BCUT2D eigenvalue weighted by atomic mass is 32.2. The van der Waals surface area contributed by atoms with E-state index in [1.165, 1.54) is 10.5 Å². The van der Waals surface area contributed by atoms with Crippen molar-refractivity contribution in [2.45, 2.75) is 68.5 Å². The number of sulfonamides is 1. The summed E-state index contributed by atoms with van der Waals surface area (Å²) < 4.78 is 34.8. The van der Waals surface area contributed by atoms with Gasteiger partial charge in [-0.2, -0.15) is 4.31 Å². The molecule has 4 aliphatic rings. The largest absolute Gasteiger partial charge is 0.477 e. The Morgan fingerprint density at radius 1 is 1.07 bits per heavy atom. The summed E-state index contributed by atoms with van der Waals surface area (Å²) in [7, 11) is -4.02. The fraction of sp³-hybridized carbons (Fsp3) is 0.469. The third kappa shape index (κ3) is 5.31. The topological polar surface area (TPSA) is 120 Å². The van der Waals surface area contributed by atoms with E-state index in [0.717, 1.165) is 78.2 Å².